The molecule has 2 aromatic rings. The van der Waals surface area contributed by atoms with Crippen LogP contribution < -0.4 is 5.43 Å². The highest BCUT2D eigenvalue weighted by Gasteiger charge is 1.96. The third kappa shape index (κ3) is 0.902. The molecule has 1 heterocycles. The van der Waals surface area contributed by atoms with Crippen molar-refractivity contribution >= 4 is 11.0 Å². The summed E-state index contributed by atoms with van der Waals surface area (Å²) in [4.78, 5) is 11.1. The highest BCUT2D eigenvalue weighted by Crippen LogP contribution is 2.05. The highest BCUT2D eigenvalue weighted by atomic mass is 16.5. The molecule has 0 aliphatic rings. The molecule has 3 heteroatoms. The summed E-state index contributed by atoms with van der Waals surface area (Å²) in [6, 6.07) is 7.01. The molecule has 0 aliphatic heterocycles. The lowest BCUT2D eigenvalue weighted by atomic mass is 10.2. The number of nitrogens with zero attached hydrogens (tertiary/aromatic N) is 1. The number of fused-ring (bicyclic) bond motifs is 1. The van der Waals surface area contributed by atoms with Crippen molar-refractivity contribution in [1.29, 1.82) is 0 Å². The molecule has 54 valence electrons. The zero-order valence-electron chi connectivity index (χ0n) is 5.65. The molecule has 0 radical (unpaired) electrons. The van der Waals surface area contributed by atoms with Gasteiger partial charge in [0.25, 0.3) is 0 Å². The van der Waals surface area contributed by atoms with E-state index in [1.807, 2.05) is 0 Å². The zero-order chi connectivity index (χ0) is 7.68. The zero-order valence-corrected chi connectivity index (χ0v) is 5.65. The van der Waals surface area contributed by atoms with Crippen molar-refractivity contribution in [3.8, 4) is 0 Å². The van der Waals surface area contributed by atoms with E-state index in [2.05, 4.69) is 5.16 Å². The smallest absolute Gasteiger partial charge is 0.211 e. The lowest BCUT2D eigenvalue weighted by Crippen LogP contribution is -1.99. The molecule has 0 N–H and O–H groups in total. The van der Waals surface area contributed by atoms with Crippen LogP contribution in [0.15, 0.2) is 39.8 Å². The Kier molecular flexibility index (Phi) is 1.22. The van der Waals surface area contributed by atoms with Crippen molar-refractivity contribution in [3.63, 3.8) is 0 Å². The van der Waals surface area contributed by atoms with Gasteiger partial charge in [-0.05, 0) is 12.1 Å². The summed E-state index contributed by atoms with van der Waals surface area (Å²) in [6.07, 6.45) is 1.17. The number of hydrogen-bond acceptors (Lipinski definition) is 3. The van der Waals surface area contributed by atoms with Crippen LogP contribution in [0.3, 0.4) is 0 Å². The number of para-hydroxylation sites is 1. The molecular weight excluding hydrogens is 142 g/mol. The van der Waals surface area contributed by atoms with Crippen LogP contribution in [-0.2, 0) is 0 Å². The summed E-state index contributed by atoms with van der Waals surface area (Å²) in [6.45, 7) is 0. The number of rotatable bonds is 0. The number of aromatic nitrogens is 1. The largest absolute Gasteiger partial charge is 0.356 e. The first-order chi connectivity index (χ1) is 5.38. The highest BCUT2D eigenvalue weighted by molar-refractivity contribution is 5.75. The summed E-state index contributed by atoms with van der Waals surface area (Å²) in [7, 11) is 0. The monoisotopic (exact) mass is 147 g/mol. The number of benzene rings is 1. The topological polar surface area (TPSA) is 43.1 Å². The van der Waals surface area contributed by atoms with Gasteiger partial charge in [-0.2, -0.15) is 0 Å². The first kappa shape index (κ1) is 6.09. The van der Waals surface area contributed by atoms with Crippen molar-refractivity contribution in [2.45, 2.75) is 0 Å². The van der Waals surface area contributed by atoms with Crippen LogP contribution in [0.2, 0.25) is 0 Å². The lowest BCUT2D eigenvalue weighted by molar-refractivity contribution is 0.440. The molecule has 0 fully saturated rings. The normalized spacial score (nSPS) is 10.2. The summed E-state index contributed by atoms with van der Waals surface area (Å²) < 4.78 is 4.84. The first-order valence-electron chi connectivity index (χ1n) is 3.22. The molecule has 0 spiro atoms. The van der Waals surface area contributed by atoms with Gasteiger partial charge in [-0.1, -0.05) is 17.3 Å². The van der Waals surface area contributed by atoms with Gasteiger partial charge in [-0.25, -0.2) is 0 Å². The van der Waals surface area contributed by atoms with Crippen LogP contribution in [0.4, 0.5) is 0 Å². The molecule has 0 aliphatic carbocycles. The minimum absolute atomic E-state index is 0.105. The van der Waals surface area contributed by atoms with Gasteiger partial charge in [0.05, 0.1) is 5.39 Å². The van der Waals surface area contributed by atoms with E-state index in [4.69, 9.17) is 4.52 Å². The number of hydrogen-bond donors (Lipinski definition) is 0. The molecule has 0 saturated carbocycles. The van der Waals surface area contributed by atoms with Crippen molar-refractivity contribution < 1.29 is 4.52 Å². The molecule has 2 rings (SSSR count). The van der Waals surface area contributed by atoms with Gasteiger partial charge in [-0.15, -0.1) is 0 Å². The van der Waals surface area contributed by atoms with Gasteiger partial charge in [-0.3, -0.25) is 4.79 Å². The van der Waals surface area contributed by atoms with E-state index < -0.39 is 0 Å². The van der Waals surface area contributed by atoms with Crippen LogP contribution in [-0.4, -0.2) is 5.16 Å². The Hall–Kier alpha value is -1.64. The Morgan fingerprint density at radius 1 is 1.27 bits per heavy atom. The third-order valence-corrected chi connectivity index (χ3v) is 1.47. The van der Waals surface area contributed by atoms with E-state index in [1.54, 1.807) is 24.3 Å². The molecule has 1 aromatic heterocycles. The van der Waals surface area contributed by atoms with Gasteiger partial charge in [0.2, 0.25) is 5.43 Å². The van der Waals surface area contributed by atoms with Crippen LogP contribution in [0, 0.1) is 0 Å². The Morgan fingerprint density at radius 3 is 2.91 bits per heavy atom. The molecule has 0 saturated heterocycles. The summed E-state index contributed by atoms with van der Waals surface area (Å²) in [5.41, 5.74) is 0.423. The molecule has 0 atom stereocenters. The maximum Gasteiger partial charge on any atom is 0.211 e. The van der Waals surface area contributed by atoms with E-state index in [1.165, 1.54) is 6.20 Å². The maximum atomic E-state index is 11.1. The molecule has 0 amide bonds. The average Bonchev–Trinajstić information content (AvgIpc) is 2.06. The molecule has 0 unspecified atom stereocenters. The second kappa shape index (κ2) is 2.20. The fourth-order valence-corrected chi connectivity index (χ4v) is 0.950. The minimum Gasteiger partial charge on any atom is -0.356 e. The SMILES string of the molecule is O=c1cnoc2ccccc12. The quantitative estimate of drug-likeness (QED) is 0.562. The van der Waals surface area contributed by atoms with Crippen LogP contribution >= 0.6 is 0 Å². The summed E-state index contributed by atoms with van der Waals surface area (Å²) in [5, 5.41) is 4.00. The molecule has 0 bridgehead atoms. The molecule has 1 aromatic carbocycles. The average molecular weight is 147 g/mol. The Balaban J connectivity index is 3.03. The summed E-state index contributed by atoms with van der Waals surface area (Å²) >= 11 is 0. The van der Waals surface area contributed by atoms with Gasteiger partial charge < -0.3 is 4.52 Å². The third-order valence-electron chi connectivity index (χ3n) is 1.47. The molecule has 3 nitrogen and oxygen atoms in total. The minimum atomic E-state index is -0.105. The van der Waals surface area contributed by atoms with E-state index in [-0.39, 0.29) is 5.43 Å². The van der Waals surface area contributed by atoms with E-state index in [9.17, 15) is 4.79 Å². The van der Waals surface area contributed by atoms with Crippen molar-refractivity contribution in [1.82, 2.24) is 5.16 Å². The molecule has 11 heavy (non-hydrogen) atoms. The van der Waals surface area contributed by atoms with Gasteiger partial charge in [0.15, 0.2) is 5.58 Å². The predicted octanol–water partition coefficient (Wildman–Crippen LogP) is 1.19. The van der Waals surface area contributed by atoms with Crippen LogP contribution in [0.1, 0.15) is 0 Å². The van der Waals surface area contributed by atoms with Crippen LogP contribution in [0.25, 0.3) is 11.0 Å². The van der Waals surface area contributed by atoms with E-state index >= 15 is 0 Å². The Morgan fingerprint density at radius 2 is 2.09 bits per heavy atom. The fraction of sp³-hybridized carbons (Fsp3) is 0. The standard InChI is InChI=1S/C8H5NO2/c10-7-5-9-11-8-4-2-1-3-6(7)8/h1-5H. The Bertz CT molecular complexity index is 428. The summed E-state index contributed by atoms with van der Waals surface area (Å²) in [5.74, 6) is 0. The first-order valence-corrected chi connectivity index (χ1v) is 3.22. The van der Waals surface area contributed by atoms with E-state index in [0.29, 0.717) is 11.0 Å². The van der Waals surface area contributed by atoms with Gasteiger partial charge in [0, 0.05) is 0 Å². The van der Waals surface area contributed by atoms with E-state index in [0.717, 1.165) is 0 Å². The van der Waals surface area contributed by atoms with Crippen molar-refractivity contribution in [3.05, 3.63) is 40.7 Å². The van der Waals surface area contributed by atoms with Crippen LogP contribution in [0.5, 0.6) is 0 Å². The maximum absolute atomic E-state index is 11.1. The van der Waals surface area contributed by atoms with Crippen molar-refractivity contribution in [2.24, 2.45) is 0 Å². The Labute approximate surface area is 62.3 Å². The van der Waals surface area contributed by atoms with Gasteiger partial charge in [0.1, 0.15) is 6.20 Å². The van der Waals surface area contributed by atoms with Crippen molar-refractivity contribution in [2.75, 3.05) is 0 Å². The van der Waals surface area contributed by atoms with Gasteiger partial charge >= 0.3 is 0 Å². The second-order valence-electron chi connectivity index (χ2n) is 2.19. The second-order valence-corrected chi connectivity index (χ2v) is 2.19. The fourth-order valence-electron chi connectivity index (χ4n) is 0.950. The lowest BCUT2D eigenvalue weighted by Gasteiger charge is -1.89. The molecular formula is C8H5NO2. The predicted molar refractivity (Wildman–Crippen MR) is 40.3 cm³/mol.